The highest BCUT2D eigenvalue weighted by Crippen LogP contribution is 1.97. The molecule has 0 fully saturated rings. The van der Waals surface area contributed by atoms with E-state index >= 15 is 0 Å². The molecule has 12 heavy (non-hydrogen) atoms. The molecule has 0 spiro atoms. The number of hydrogen-bond donors (Lipinski definition) is 1. The number of nitrogens with zero attached hydrogens (tertiary/aromatic N) is 1. The summed E-state index contributed by atoms with van der Waals surface area (Å²) in [5, 5.41) is 0. The van der Waals surface area contributed by atoms with Gasteiger partial charge in [0.15, 0.2) is 5.69 Å². The number of nitrogens with one attached hydrogen (secondary N) is 1. The van der Waals surface area contributed by atoms with Crippen LogP contribution in [0.2, 0.25) is 0 Å². The molecule has 0 amide bonds. The Balaban J connectivity index is 3.26. The first-order chi connectivity index (χ1) is 5.66. The van der Waals surface area contributed by atoms with E-state index in [1.54, 1.807) is 0 Å². The minimum absolute atomic E-state index is 0.176. The molecule has 5 nitrogen and oxygen atoms in total. The maximum Gasteiger partial charge on any atom is 0.361 e. The highest BCUT2D eigenvalue weighted by atomic mass is 16.5. The number of esters is 1. The van der Waals surface area contributed by atoms with Gasteiger partial charge >= 0.3 is 5.97 Å². The molecule has 1 aromatic rings. The fraction of sp³-hybridized carbons (Fsp3) is 0.286. The van der Waals surface area contributed by atoms with Gasteiger partial charge < -0.3 is 9.72 Å². The van der Waals surface area contributed by atoms with Crippen LogP contribution in [0.15, 0.2) is 12.4 Å². The number of methoxy groups -OCH3 is 1. The van der Waals surface area contributed by atoms with E-state index in [0.29, 0.717) is 10.1 Å². The van der Waals surface area contributed by atoms with Gasteiger partial charge in [0.05, 0.1) is 17.7 Å². The first-order valence-corrected chi connectivity index (χ1v) is 3.35. The number of H-pyrrole nitrogens is 1. The molecule has 0 saturated heterocycles. The molecular formula is C7H9N2O3+. The van der Waals surface area contributed by atoms with E-state index in [0.717, 1.165) is 0 Å². The van der Waals surface area contributed by atoms with Crippen molar-refractivity contribution in [3.05, 3.63) is 28.7 Å². The Labute approximate surface area is 68.6 Å². The lowest BCUT2D eigenvalue weighted by atomic mass is 10.3. The number of aromatic nitrogens is 2. The second-order valence-corrected chi connectivity index (χ2v) is 2.24. The molecule has 0 unspecified atom stereocenters. The molecule has 5 heteroatoms. The second-order valence-electron chi connectivity index (χ2n) is 2.24. The second kappa shape index (κ2) is 3.17. The zero-order valence-electron chi connectivity index (χ0n) is 6.83. The van der Waals surface area contributed by atoms with Crippen LogP contribution < -0.4 is 4.43 Å². The first-order valence-electron chi connectivity index (χ1n) is 3.35. The van der Waals surface area contributed by atoms with Gasteiger partial charge in [0.1, 0.15) is 0 Å². The molecule has 0 radical (unpaired) electrons. The normalized spacial score (nSPS) is 9.50. The summed E-state index contributed by atoms with van der Waals surface area (Å²) in [5.74, 6) is -0.544. The topological polar surface area (TPSA) is 65.1 Å². The standard InChI is InChI=1S/C7H9N2O3/c1-5-6(7(10)12-2)8-3-4-9(5)11/h3-4H,1-2H3,(H,8,11)/q+1. The fourth-order valence-corrected chi connectivity index (χ4v) is 0.823. The summed E-state index contributed by atoms with van der Waals surface area (Å²) in [6, 6.07) is 0. The third-order valence-corrected chi connectivity index (χ3v) is 1.52. The van der Waals surface area contributed by atoms with Crippen LogP contribution in [-0.2, 0) is 4.74 Å². The molecule has 0 bridgehead atoms. The van der Waals surface area contributed by atoms with Crippen LogP contribution in [0.1, 0.15) is 16.2 Å². The summed E-state index contributed by atoms with van der Waals surface area (Å²) >= 11 is 0. The van der Waals surface area contributed by atoms with Gasteiger partial charge in [-0.2, -0.15) is 0 Å². The van der Waals surface area contributed by atoms with Crippen LogP contribution in [0.4, 0.5) is 0 Å². The van der Waals surface area contributed by atoms with Crippen molar-refractivity contribution in [2.75, 3.05) is 7.11 Å². The van der Waals surface area contributed by atoms with Gasteiger partial charge in [0.2, 0.25) is 6.20 Å². The van der Waals surface area contributed by atoms with Crippen molar-refractivity contribution >= 4 is 5.97 Å². The van der Waals surface area contributed by atoms with Crippen molar-refractivity contribution in [3.63, 3.8) is 0 Å². The zero-order chi connectivity index (χ0) is 9.14. The maximum atomic E-state index is 11.0. The molecule has 0 aromatic carbocycles. The van der Waals surface area contributed by atoms with E-state index in [1.165, 1.54) is 26.4 Å². The highest BCUT2D eigenvalue weighted by Gasteiger charge is 2.17. The van der Waals surface area contributed by atoms with Gasteiger partial charge in [0, 0.05) is 11.8 Å². The monoisotopic (exact) mass is 169 g/mol. The number of carbonyl (C=O) groups is 1. The Bertz CT molecular complexity index is 356. The zero-order valence-corrected chi connectivity index (χ0v) is 6.83. The number of carbonyl (C=O) groups excluding carboxylic acids is 1. The van der Waals surface area contributed by atoms with Gasteiger partial charge in [-0.05, 0) is 0 Å². The predicted molar refractivity (Wildman–Crippen MR) is 40.2 cm³/mol. The Morgan fingerprint density at radius 3 is 2.92 bits per heavy atom. The Kier molecular flexibility index (Phi) is 2.23. The summed E-state index contributed by atoms with van der Waals surface area (Å²) in [5.41, 5.74) is 0.472. The highest BCUT2D eigenvalue weighted by molar-refractivity contribution is 5.87. The number of rotatable bonds is 1. The molecular weight excluding hydrogens is 160 g/mol. The van der Waals surface area contributed by atoms with Gasteiger partial charge in [0.25, 0.3) is 5.69 Å². The molecule has 0 aliphatic rings. The Morgan fingerprint density at radius 2 is 2.33 bits per heavy atom. The number of hydrogen-bond acceptors (Lipinski definition) is 3. The summed E-state index contributed by atoms with van der Waals surface area (Å²) in [6.45, 7) is 1.54. The van der Waals surface area contributed by atoms with Crippen LogP contribution in [0.5, 0.6) is 0 Å². The van der Waals surface area contributed by atoms with Crippen molar-refractivity contribution in [2.24, 2.45) is 0 Å². The fourth-order valence-electron chi connectivity index (χ4n) is 0.823. The van der Waals surface area contributed by atoms with Crippen molar-refractivity contribution in [2.45, 2.75) is 6.92 Å². The van der Waals surface area contributed by atoms with Gasteiger partial charge in [-0.3, -0.25) is 0 Å². The lowest BCUT2D eigenvalue weighted by Crippen LogP contribution is -2.23. The van der Waals surface area contributed by atoms with E-state index in [-0.39, 0.29) is 5.69 Å². The average molecular weight is 169 g/mol. The molecule has 0 aliphatic carbocycles. The largest absolute Gasteiger partial charge is 0.464 e. The van der Waals surface area contributed by atoms with Gasteiger partial charge in [-0.1, -0.05) is 0 Å². The number of aromatic amines is 1. The quantitative estimate of drug-likeness (QED) is 0.476. The summed E-state index contributed by atoms with van der Waals surface area (Å²) in [6.07, 6.45) is 2.66. The van der Waals surface area contributed by atoms with Crippen molar-refractivity contribution < 1.29 is 14.0 Å². The van der Waals surface area contributed by atoms with Crippen molar-refractivity contribution in [3.8, 4) is 0 Å². The van der Waals surface area contributed by atoms with Crippen molar-refractivity contribution in [1.29, 1.82) is 0 Å². The van der Waals surface area contributed by atoms with E-state index < -0.39 is 5.97 Å². The van der Waals surface area contributed by atoms with Crippen LogP contribution in [0.25, 0.3) is 0 Å². The predicted octanol–water partition coefficient (Wildman–Crippen LogP) is 0.0242. The van der Waals surface area contributed by atoms with E-state index in [9.17, 15) is 9.70 Å². The van der Waals surface area contributed by atoms with Crippen LogP contribution in [-0.4, -0.2) is 18.1 Å². The molecule has 0 aliphatic heterocycles. The van der Waals surface area contributed by atoms with Gasteiger partial charge in [-0.15, -0.1) is 0 Å². The minimum atomic E-state index is -0.544. The van der Waals surface area contributed by atoms with E-state index in [1.807, 2.05) is 0 Å². The summed E-state index contributed by atoms with van der Waals surface area (Å²) in [4.78, 5) is 24.6. The molecule has 1 heterocycles. The maximum absolute atomic E-state index is 11.0. The summed E-state index contributed by atoms with van der Waals surface area (Å²) in [7, 11) is 1.26. The Morgan fingerprint density at radius 1 is 1.67 bits per heavy atom. The lowest BCUT2D eigenvalue weighted by Gasteiger charge is -1.95. The summed E-state index contributed by atoms with van der Waals surface area (Å²) < 4.78 is 5.05. The molecule has 0 saturated carbocycles. The SMILES string of the molecule is COC(=O)c1[nH]cc[n+](=O)c1C. The molecule has 0 atom stereocenters. The molecule has 1 aromatic heterocycles. The lowest BCUT2D eigenvalue weighted by molar-refractivity contribution is -0.503. The van der Waals surface area contributed by atoms with E-state index in [4.69, 9.17) is 0 Å². The smallest absolute Gasteiger partial charge is 0.361 e. The average Bonchev–Trinajstić information content (AvgIpc) is 2.08. The van der Waals surface area contributed by atoms with Crippen LogP contribution in [0.3, 0.4) is 0 Å². The third-order valence-electron chi connectivity index (χ3n) is 1.52. The molecule has 1 N–H and O–H groups in total. The first kappa shape index (κ1) is 8.45. The van der Waals surface area contributed by atoms with Crippen molar-refractivity contribution in [1.82, 2.24) is 4.98 Å². The number of ether oxygens (including phenoxy) is 1. The minimum Gasteiger partial charge on any atom is -0.464 e. The third kappa shape index (κ3) is 1.34. The van der Waals surface area contributed by atoms with E-state index in [2.05, 4.69) is 9.72 Å². The van der Waals surface area contributed by atoms with Gasteiger partial charge in [-0.25, -0.2) is 4.79 Å². The Hall–Kier alpha value is -1.65. The van der Waals surface area contributed by atoms with Crippen LogP contribution in [0, 0.1) is 11.8 Å². The molecule has 1 rings (SSSR count). The van der Waals surface area contributed by atoms with Crippen LogP contribution >= 0.6 is 0 Å². The molecule has 64 valence electrons.